The second-order valence-corrected chi connectivity index (χ2v) is 10.9. The SMILES string of the molecule is CCC(=O)N[C@@H]1CC[C@@H](NC(=O)c2sc3nccc4c3c2NC(=O)N4c2cnc(Oc3ccccc3)cc2C)C1. The molecule has 1 aromatic carbocycles. The van der Waals surface area contributed by atoms with Crippen molar-refractivity contribution in [2.75, 3.05) is 10.2 Å². The van der Waals surface area contributed by atoms with E-state index in [2.05, 4.69) is 25.9 Å². The van der Waals surface area contributed by atoms with Crippen molar-refractivity contribution in [2.45, 2.75) is 51.6 Å². The molecule has 0 radical (unpaired) electrons. The Bertz CT molecular complexity index is 1620. The summed E-state index contributed by atoms with van der Waals surface area (Å²) in [4.78, 5) is 50.1. The monoisotopic (exact) mass is 556 g/mol. The fraction of sp³-hybridized carbons (Fsp3) is 0.276. The second-order valence-electron chi connectivity index (χ2n) is 9.91. The zero-order valence-electron chi connectivity index (χ0n) is 22.1. The number of nitrogens with one attached hydrogen (secondary N) is 3. The third-order valence-electron chi connectivity index (χ3n) is 7.17. The van der Waals surface area contributed by atoms with Crippen molar-refractivity contribution < 1.29 is 19.1 Å². The van der Waals surface area contributed by atoms with Crippen LogP contribution in [0.25, 0.3) is 10.2 Å². The van der Waals surface area contributed by atoms with Crippen LogP contribution in [0, 0.1) is 6.92 Å². The molecule has 0 saturated heterocycles. The molecule has 40 heavy (non-hydrogen) atoms. The van der Waals surface area contributed by atoms with E-state index in [4.69, 9.17) is 4.74 Å². The van der Waals surface area contributed by atoms with Gasteiger partial charge in [-0.2, -0.15) is 0 Å². The molecule has 204 valence electrons. The molecule has 0 unspecified atom stereocenters. The van der Waals surface area contributed by atoms with Crippen LogP contribution in [0.3, 0.4) is 0 Å². The Morgan fingerprint density at radius 3 is 2.62 bits per heavy atom. The summed E-state index contributed by atoms with van der Waals surface area (Å²) in [5.41, 5.74) is 2.48. The number of aryl methyl sites for hydroxylation is 1. The molecule has 1 fully saturated rings. The fourth-order valence-corrected chi connectivity index (χ4v) is 6.25. The molecule has 6 rings (SSSR count). The number of thiophene rings is 1. The van der Waals surface area contributed by atoms with Gasteiger partial charge in [0, 0.05) is 30.8 Å². The van der Waals surface area contributed by atoms with E-state index in [1.807, 2.05) is 44.2 Å². The van der Waals surface area contributed by atoms with Crippen molar-refractivity contribution in [2.24, 2.45) is 0 Å². The van der Waals surface area contributed by atoms with E-state index in [-0.39, 0.29) is 23.9 Å². The van der Waals surface area contributed by atoms with Gasteiger partial charge >= 0.3 is 6.03 Å². The molecule has 1 saturated carbocycles. The van der Waals surface area contributed by atoms with Crippen LogP contribution in [0.5, 0.6) is 11.6 Å². The van der Waals surface area contributed by atoms with Gasteiger partial charge in [0.15, 0.2) is 0 Å². The molecule has 4 amide bonds. The van der Waals surface area contributed by atoms with Crippen LogP contribution in [0.1, 0.15) is 47.8 Å². The third-order valence-corrected chi connectivity index (χ3v) is 8.27. The molecule has 1 aliphatic carbocycles. The Hall–Kier alpha value is -4.51. The zero-order chi connectivity index (χ0) is 27.8. The number of carbonyl (C=O) groups excluding carboxylic acids is 3. The topological polar surface area (TPSA) is 126 Å². The minimum Gasteiger partial charge on any atom is -0.439 e. The number of para-hydroxylation sites is 1. The molecule has 11 heteroatoms. The van der Waals surface area contributed by atoms with E-state index in [9.17, 15) is 14.4 Å². The van der Waals surface area contributed by atoms with Crippen LogP contribution < -0.4 is 25.6 Å². The second kappa shape index (κ2) is 10.6. The number of nitrogens with zero attached hydrogens (tertiary/aromatic N) is 3. The summed E-state index contributed by atoms with van der Waals surface area (Å²) in [6.07, 6.45) is 5.96. The van der Waals surface area contributed by atoms with E-state index in [0.717, 1.165) is 18.4 Å². The summed E-state index contributed by atoms with van der Waals surface area (Å²) >= 11 is 1.25. The summed E-state index contributed by atoms with van der Waals surface area (Å²) < 4.78 is 5.85. The number of pyridine rings is 2. The first-order valence-corrected chi connectivity index (χ1v) is 14.0. The van der Waals surface area contributed by atoms with E-state index in [1.165, 1.54) is 11.3 Å². The first-order valence-electron chi connectivity index (χ1n) is 13.2. The first-order chi connectivity index (χ1) is 19.4. The number of rotatable bonds is 7. The summed E-state index contributed by atoms with van der Waals surface area (Å²) in [5, 5.41) is 9.74. The molecule has 2 aliphatic rings. The van der Waals surface area contributed by atoms with Gasteiger partial charge in [0.2, 0.25) is 11.8 Å². The van der Waals surface area contributed by atoms with Gasteiger partial charge in [-0.15, -0.1) is 11.3 Å². The highest BCUT2D eigenvalue weighted by Gasteiger charge is 2.35. The van der Waals surface area contributed by atoms with E-state index >= 15 is 0 Å². The summed E-state index contributed by atoms with van der Waals surface area (Å²) in [5.74, 6) is 0.843. The number of hydrogen-bond donors (Lipinski definition) is 3. The molecule has 2 atom stereocenters. The zero-order valence-corrected chi connectivity index (χ0v) is 22.9. The van der Waals surface area contributed by atoms with Crippen LogP contribution in [-0.2, 0) is 4.79 Å². The maximum atomic E-state index is 13.5. The number of carbonyl (C=O) groups is 3. The van der Waals surface area contributed by atoms with Crippen molar-refractivity contribution in [3.05, 3.63) is 65.3 Å². The molecule has 0 bridgehead atoms. The van der Waals surface area contributed by atoms with Gasteiger partial charge in [-0.1, -0.05) is 25.1 Å². The maximum Gasteiger partial charge on any atom is 0.331 e. The van der Waals surface area contributed by atoms with Gasteiger partial charge in [0.1, 0.15) is 15.5 Å². The largest absolute Gasteiger partial charge is 0.439 e. The summed E-state index contributed by atoms with van der Waals surface area (Å²) in [6.45, 7) is 3.71. The minimum atomic E-state index is -0.391. The summed E-state index contributed by atoms with van der Waals surface area (Å²) in [6, 6.07) is 12.5. The number of aromatic nitrogens is 2. The Kier molecular flexibility index (Phi) is 6.81. The lowest BCUT2D eigenvalue weighted by Gasteiger charge is -2.29. The van der Waals surface area contributed by atoms with Crippen molar-refractivity contribution in [1.29, 1.82) is 0 Å². The molecular formula is C29H28N6O4S. The van der Waals surface area contributed by atoms with Gasteiger partial charge in [-0.3, -0.25) is 14.5 Å². The summed E-state index contributed by atoms with van der Waals surface area (Å²) in [7, 11) is 0. The molecule has 4 aromatic rings. The van der Waals surface area contributed by atoms with Crippen molar-refractivity contribution in [1.82, 2.24) is 20.6 Å². The quantitative estimate of drug-likeness (QED) is 0.270. The number of anilines is 3. The number of urea groups is 1. The number of hydrogen-bond acceptors (Lipinski definition) is 7. The van der Waals surface area contributed by atoms with Gasteiger partial charge < -0.3 is 20.7 Å². The standard InChI is InChI=1S/C29H28N6O4S/c1-3-22(36)32-17-9-10-18(14-17)33-27(37)26-25-24-20(11-12-30-28(24)40-26)35(29(38)34-25)21-15-31-23(13-16(21)2)39-19-7-5-4-6-8-19/h4-8,11-13,15,17-18H,3,9-10,14H2,1-2H3,(H,32,36)(H,33,37)(H,34,38)/t17-,18-/m1/s1. The molecule has 3 aromatic heterocycles. The predicted molar refractivity (Wildman–Crippen MR) is 154 cm³/mol. The van der Waals surface area contributed by atoms with Crippen molar-refractivity contribution >= 4 is 56.5 Å². The Balaban J connectivity index is 1.26. The minimum absolute atomic E-state index is 0.0144. The Morgan fingerprint density at radius 1 is 1.10 bits per heavy atom. The van der Waals surface area contributed by atoms with Gasteiger partial charge in [-0.25, -0.2) is 14.8 Å². The predicted octanol–water partition coefficient (Wildman–Crippen LogP) is 5.65. The molecular weight excluding hydrogens is 528 g/mol. The van der Waals surface area contributed by atoms with Gasteiger partial charge in [0.25, 0.3) is 5.91 Å². The van der Waals surface area contributed by atoms with Gasteiger partial charge in [0.05, 0.1) is 28.6 Å². The third kappa shape index (κ3) is 4.84. The lowest BCUT2D eigenvalue weighted by Crippen LogP contribution is -2.38. The Labute approximate surface area is 234 Å². The highest BCUT2D eigenvalue weighted by Crippen LogP contribution is 2.46. The number of benzene rings is 1. The van der Waals surface area contributed by atoms with Crippen LogP contribution in [0.15, 0.2) is 54.9 Å². The normalized spacial score (nSPS) is 17.9. The molecule has 1 aliphatic heterocycles. The van der Waals surface area contributed by atoms with Crippen LogP contribution >= 0.6 is 11.3 Å². The highest BCUT2D eigenvalue weighted by atomic mass is 32.1. The smallest absolute Gasteiger partial charge is 0.331 e. The van der Waals surface area contributed by atoms with Crippen molar-refractivity contribution in [3.8, 4) is 11.6 Å². The highest BCUT2D eigenvalue weighted by molar-refractivity contribution is 7.21. The first kappa shape index (κ1) is 25.8. The lowest BCUT2D eigenvalue weighted by atomic mass is 10.1. The van der Waals surface area contributed by atoms with Crippen LogP contribution in [0.2, 0.25) is 0 Å². The Morgan fingerprint density at radius 2 is 1.88 bits per heavy atom. The number of ether oxygens (including phenoxy) is 1. The molecule has 0 spiro atoms. The van der Waals surface area contributed by atoms with Crippen LogP contribution in [0.4, 0.5) is 21.9 Å². The fourth-order valence-electron chi connectivity index (χ4n) is 5.23. The molecule has 3 N–H and O–H groups in total. The molecule has 4 heterocycles. The van der Waals surface area contributed by atoms with Crippen molar-refractivity contribution in [3.63, 3.8) is 0 Å². The maximum absolute atomic E-state index is 13.5. The van der Waals surface area contributed by atoms with E-state index < -0.39 is 6.03 Å². The van der Waals surface area contributed by atoms with E-state index in [1.54, 1.807) is 29.4 Å². The average molecular weight is 557 g/mol. The van der Waals surface area contributed by atoms with E-state index in [0.29, 0.717) is 56.6 Å². The van der Waals surface area contributed by atoms with Crippen LogP contribution in [-0.4, -0.2) is 39.9 Å². The molecule has 10 nitrogen and oxygen atoms in total. The van der Waals surface area contributed by atoms with Gasteiger partial charge in [-0.05, 0) is 49.9 Å². The number of amides is 4. The average Bonchev–Trinajstić information content (AvgIpc) is 3.55. The lowest BCUT2D eigenvalue weighted by molar-refractivity contribution is -0.121.